The Balaban J connectivity index is 2.82. The molecule has 0 aliphatic heterocycles. The van der Waals surface area contributed by atoms with Gasteiger partial charge in [0, 0.05) is 5.56 Å². The molecule has 1 rings (SSSR count). The number of carbonyl (C=O) groups excluding carboxylic acids is 1. The van der Waals surface area contributed by atoms with E-state index in [1.165, 1.54) is 6.07 Å². The van der Waals surface area contributed by atoms with Crippen LogP contribution < -0.4 is 5.32 Å². The van der Waals surface area contributed by atoms with Gasteiger partial charge in [0.2, 0.25) is 0 Å². The highest BCUT2D eigenvalue weighted by molar-refractivity contribution is 14.1. The summed E-state index contributed by atoms with van der Waals surface area (Å²) in [5.74, 6) is 2.11. The van der Waals surface area contributed by atoms with Gasteiger partial charge < -0.3 is 10.4 Å². The standard InChI is InChI=1S/C10H8INO2/c1-2-5-12-10(14)7-3-4-8(11)9(13)6-7/h1,3-4,6,13H,5H2,(H,12,14). The van der Waals surface area contributed by atoms with Crippen LogP contribution in [0, 0.1) is 15.9 Å². The molecule has 1 aromatic rings. The van der Waals surface area contributed by atoms with Crippen molar-refractivity contribution in [1.82, 2.24) is 5.32 Å². The van der Waals surface area contributed by atoms with Crippen LogP contribution in [0.5, 0.6) is 5.75 Å². The summed E-state index contributed by atoms with van der Waals surface area (Å²) in [6, 6.07) is 4.71. The molecule has 14 heavy (non-hydrogen) atoms. The van der Waals surface area contributed by atoms with E-state index in [-0.39, 0.29) is 18.2 Å². The number of nitrogens with one attached hydrogen (secondary N) is 1. The van der Waals surface area contributed by atoms with Crippen LogP contribution >= 0.6 is 22.6 Å². The number of halogens is 1. The van der Waals surface area contributed by atoms with Crippen molar-refractivity contribution in [3.8, 4) is 18.1 Å². The number of carbonyl (C=O) groups is 1. The Morgan fingerprint density at radius 3 is 2.93 bits per heavy atom. The average molecular weight is 301 g/mol. The summed E-state index contributed by atoms with van der Waals surface area (Å²) in [4.78, 5) is 11.3. The van der Waals surface area contributed by atoms with Gasteiger partial charge in [-0.05, 0) is 40.8 Å². The summed E-state index contributed by atoms with van der Waals surface area (Å²) < 4.78 is 0.705. The molecule has 0 unspecified atom stereocenters. The zero-order chi connectivity index (χ0) is 10.6. The van der Waals surface area contributed by atoms with Gasteiger partial charge in [-0.2, -0.15) is 0 Å². The number of phenolic OH excluding ortho intramolecular Hbond substituents is 1. The van der Waals surface area contributed by atoms with Gasteiger partial charge in [0.15, 0.2) is 0 Å². The summed E-state index contributed by atoms with van der Waals surface area (Å²) in [7, 11) is 0. The maximum Gasteiger partial charge on any atom is 0.252 e. The number of hydrogen-bond donors (Lipinski definition) is 2. The normalized spacial score (nSPS) is 9.14. The van der Waals surface area contributed by atoms with E-state index in [1.54, 1.807) is 12.1 Å². The zero-order valence-electron chi connectivity index (χ0n) is 7.25. The number of amides is 1. The summed E-state index contributed by atoms with van der Waals surface area (Å²) in [5.41, 5.74) is 0.401. The fourth-order valence-corrected chi connectivity index (χ4v) is 1.22. The fourth-order valence-electron chi connectivity index (χ4n) is 0.887. The molecule has 4 heteroatoms. The minimum absolute atomic E-state index is 0.0963. The highest BCUT2D eigenvalue weighted by Crippen LogP contribution is 2.20. The van der Waals surface area contributed by atoms with Crippen LogP contribution in [-0.4, -0.2) is 17.6 Å². The van der Waals surface area contributed by atoms with E-state index in [0.717, 1.165) is 0 Å². The molecule has 2 N–H and O–H groups in total. The number of phenols is 1. The highest BCUT2D eigenvalue weighted by atomic mass is 127. The molecule has 3 nitrogen and oxygen atoms in total. The van der Waals surface area contributed by atoms with Crippen LogP contribution in [0.1, 0.15) is 10.4 Å². The molecule has 1 aromatic carbocycles. The zero-order valence-corrected chi connectivity index (χ0v) is 9.41. The second-order valence-electron chi connectivity index (χ2n) is 2.55. The minimum Gasteiger partial charge on any atom is -0.507 e. The maximum absolute atomic E-state index is 11.3. The number of hydrogen-bond acceptors (Lipinski definition) is 2. The van der Waals surface area contributed by atoms with Gasteiger partial charge in [-0.1, -0.05) is 5.92 Å². The third kappa shape index (κ3) is 2.64. The first-order valence-corrected chi connectivity index (χ1v) is 4.93. The van der Waals surface area contributed by atoms with Crippen molar-refractivity contribution < 1.29 is 9.90 Å². The molecule has 1 amide bonds. The van der Waals surface area contributed by atoms with Gasteiger partial charge in [-0.15, -0.1) is 6.42 Å². The Labute approximate surface area is 95.7 Å². The van der Waals surface area contributed by atoms with E-state index in [1.807, 2.05) is 22.6 Å². The molecule has 0 saturated heterocycles. The van der Waals surface area contributed by atoms with Crippen LogP contribution in [-0.2, 0) is 0 Å². The Kier molecular flexibility index (Phi) is 3.77. The van der Waals surface area contributed by atoms with Crippen molar-refractivity contribution in [3.63, 3.8) is 0 Å². The molecule has 0 bridgehead atoms. The molecule has 0 atom stereocenters. The van der Waals surface area contributed by atoms with Crippen LogP contribution in [0.4, 0.5) is 0 Å². The quantitative estimate of drug-likeness (QED) is 0.640. The molecule has 0 radical (unpaired) electrons. The van der Waals surface area contributed by atoms with Crippen molar-refractivity contribution in [2.45, 2.75) is 0 Å². The Hall–Kier alpha value is -1.22. The minimum atomic E-state index is -0.283. The lowest BCUT2D eigenvalue weighted by atomic mass is 10.2. The van der Waals surface area contributed by atoms with Crippen LogP contribution in [0.25, 0.3) is 0 Å². The lowest BCUT2D eigenvalue weighted by Gasteiger charge is -2.02. The third-order valence-corrected chi connectivity index (χ3v) is 2.47. The van der Waals surface area contributed by atoms with E-state index >= 15 is 0 Å². The monoisotopic (exact) mass is 301 g/mol. The Morgan fingerprint density at radius 1 is 1.64 bits per heavy atom. The van der Waals surface area contributed by atoms with E-state index < -0.39 is 0 Å². The molecule has 0 aromatic heterocycles. The number of terminal acetylenes is 1. The van der Waals surface area contributed by atoms with Gasteiger partial charge in [-0.25, -0.2) is 0 Å². The molecule has 0 fully saturated rings. The molecule has 0 aliphatic carbocycles. The van der Waals surface area contributed by atoms with Gasteiger partial charge >= 0.3 is 0 Å². The Morgan fingerprint density at radius 2 is 2.36 bits per heavy atom. The molecule has 0 saturated carbocycles. The van der Waals surface area contributed by atoms with E-state index in [4.69, 9.17) is 6.42 Å². The molecular weight excluding hydrogens is 293 g/mol. The van der Waals surface area contributed by atoms with Crippen LogP contribution in [0.2, 0.25) is 0 Å². The second-order valence-corrected chi connectivity index (χ2v) is 3.72. The first-order valence-electron chi connectivity index (χ1n) is 3.85. The number of aromatic hydroxyl groups is 1. The fraction of sp³-hybridized carbons (Fsp3) is 0.100. The van der Waals surface area contributed by atoms with E-state index in [0.29, 0.717) is 9.13 Å². The summed E-state index contributed by atoms with van der Waals surface area (Å²) in [6.45, 7) is 0.186. The van der Waals surface area contributed by atoms with Gasteiger partial charge in [0.1, 0.15) is 5.75 Å². The molecular formula is C10H8INO2. The summed E-state index contributed by atoms with van der Waals surface area (Å²) in [5, 5.41) is 11.9. The Bertz CT molecular complexity index is 396. The largest absolute Gasteiger partial charge is 0.507 e. The van der Waals surface area contributed by atoms with Gasteiger partial charge in [0.05, 0.1) is 10.1 Å². The third-order valence-electron chi connectivity index (χ3n) is 1.56. The predicted molar refractivity (Wildman–Crippen MR) is 62.0 cm³/mol. The van der Waals surface area contributed by atoms with Crippen molar-refractivity contribution >= 4 is 28.5 Å². The first-order chi connectivity index (χ1) is 6.65. The number of rotatable bonds is 2. The molecule has 0 aliphatic rings. The average Bonchev–Trinajstić information content (AvgIpc) is 2.18. The van der Waals surface area contributed by atoms with E-state index in [9.17, 15) is 9.90 Å². The van der Waals surface area contributed by atoms with Crippen molar-refractivity contribution in [2.24, 2.45) is 0 Å². The molecule has 72 valence electrons. The summed E-state index contributed by atoms with van der Waals surface area (Å²) >= 11 is 1.98. The topological polar surface area (TPSA) is 49.3 Å². The van der Waals surface area contributed by atoms with Crippen LogP contribution in [0.3, 0.4) is 0 Å². The lowest BCUT2D eigenvalue weighted by Crippen LogP contribution is -2.23. The maximum atomic E-state index is 11.3. The van der Waals surface area contributed by atoms with Crippen molar-refractivity contribution in [1.29, 1.82) is 0 Å². The molecule has 0 heterocycles. The van der Waals surface area contributed by atoms with E-state index in [2.05, 4.69) is 11.2 Å². The second kappa shape index (κ2) is 4.86. The van der Waals surface area contributed by atoms with Crippen LogP contribution in [0.15, 0.2) is 18.2 Å². The number of benzene rings is 1. The SMILES string of the molecule is C#CCNC(=O)c1ccc(I)c(O)c1. The highest BCUT2D eigenvalue weighted by Gasteiger charge is 2.06. The first kappa shape index (κ1) is 10.9. The van der Waals surface area contributed by atoms with Gasteiger partial charge in [-0.3, -0.25) is 4.79 Å². The lowest BCUT2D eigenvalue weighted by molar-refractivity contribution is 0.0958. The van der Waals surface area contributed by atoms with Crippen molar-refractivity contribution in [3.05, 3.63) is 27.3 Å². The summed E-state index contributed by atoms with van der Waals surface area (Å²) in [6.07, 6.45) is 4.99. The van der Waals surface area contributed by atoms with Crippen molar-refractivity contribution in [2.75, 3.05) is 6.54 Å². The molecule has 0 spiro atoms. The smallest absolute Gasteiger partial charge is 0.252 e. The van der Waals surface area contributed by atoms with Gasteiger partial charge in [0.25, 0.3) is 5.91 Å². The predicted octanol–water partition coefficient (Wildman–Crippen LogP) is 1.36.